The third-order valence-electron chi connectivity index (χ3n) is 3.71. The normalized spacial score (nSPS) is 12.2. The van der Waals surface area contributed by atoms with Gasteiger partial charge < -0.3 is 14.4 Å². The molecule has 1 aromatic carbocycles. The number of imidazole rings is 1. The van der Waals surface area contributed by atoms with Gasteiger partial charge in [-0.25, -0.2) is 23.6 Å². The van der Waals surface area contributed by atoms with E-state index >= 15 is 0 Å². The predicted octanol–water partition coefficient (Wildman–Crippen LogP) is 2.79. The lowest BCUT2D eigenvalue weighted by Gasteiger charge is -2.09. The number of hydrogen-bond acceptors (Lipinski definition) is 5. The second-order valence-corrected chi connectivity index (χ2v) is 6.36. The van der Waals surface area contributed by atoms with E-state index in [4.69, 9.17) is 4.55 Å². The highest BCUT2D eigenvalue weighted by Gasteiger charge is 2.14. The highest BCUT2D eigenvalue weighted by atomic mass is 32.2. The molecule has 0 aliphatic heterocycles. The van der Waals surface area contributed by atoms with Gasteiger partial charge in [0.2, 0.25) is 5.95 Å². The van der Waals surface area contributed by atoms with Gasteiger partial charge in [0.05, 0.1) is 23.8 Å². The number of nitrogens with zero attached hydrogens (tertiary/aromatic N) is 4. The molecule has 25 heavy (non-hydrogen) atoms. The number of benzene rings is 1. The largest absolute Gasteiger partial charge is 0.330 e. The summed E-state index contributed by atoms with van der Waals surface area (Å²) in [5, 5.41) is 2.99. The molecule has 2 heterocycles. The third kappa shape index (κ3) is 3.89. The Labute approximate surface area is 146 Å². The van der Waals surface area contributed by atoms with Crippen molar-refractivity contribution in [3.63, 3.8) is 0 Å². The van der Waals surface area contributed by atoms with E-state index in [9.17, 15) is 8.60 Å². The van der Waals surface area contributed by atoms with Gasteiger partial charge in [-0.2, -0.15) is 0 Å². The van der Waals surface area contributed by atoms with Gasteiger partial charge in [0.1, 0.15) is 11.5 Å². The van der Waals surface area contributed by atoms with E-state index in [0.717, 1.165) is 17.6 Å². The van der Waals surface area contributed by atoms with Gasteiger partial charge in [-0.15, -0.1) is 0 Å². The van der Waals surface area contributed by atoms with Gasteiger partial charge in [0, 0.05) is 12.7 Å². The predicted molar refractivity (Wildman–Crippen MR) is 93.1 cm³/mol. The lowest BCUT2D eigenvalue weighted by Crippen LogP contribution is -2.03. The molecule has 130 valence electrons. The van der Waals surface area contributed by atoms with Crippen molar-refractivity contribution >= 4 is 22.7 Å². The Bertz CT molecular complexity index is 927. The Hall–Kier alpha value is -2.65. The fraction of sp³-hybridized carbons (Fsp3) is 0.188. The number of hydrogen-bond donors (Lipinski definition) is 2. The molecular formula is C16H16FN5O2S. The summed E-state index contributed by atoms with van der Waals surface area (Å²) in [7, 11) is 1.79. The first-order valence-corrected chi connectivity index (χ1v) is 8.66. The summed E-state index contributed by atoms with van der Waals surface area (Å²) in [6.07, 6.45) is 2.67. The summed E-state index contributed by atoms with van der Waals surface area (Å²) >= 11 is -1.88. The van der Waals surface area contributed by atoms with Crippen LogP contribution in [-0.4, -0.2) is 28.3 Å². The summed E-state index contributed by atoms with van der Waals surface area (Å²) in [6.45, 7) is 1.82. The van der Waals surface area contributed by atoms with Crippen LogP contribution in [0.25, 0.3) is 11.4 Å². The van der Waals surface area contributed by atoms with Crippen LogP contribution in [0, 0.1) is 12.7 Å². The average Bonchev–Trinajstić information content (AvgIpc) is 2.90. The van der Waals surface area contributed by atoms with Crippen molar-refractivity contribution in [2.75, 3.05) is 5.32 Å². The first kappa shape index (κ1) is 17.2. The molecule has 1 atom stereocenters. The lowest BCUT2D eigenvalue weighted by molar-refractivity contribution is 0.563. The second-order valence-electron chi connectivity index (χ2n) is 5.43. The number of nitrogens with one attached hydrogen (secondary N) is 1. The SMILES string of the molecule is Cc1ncc(-c2nc(Nc3ccc(CS(=O)O)cc3)ncc2F)n1C. The number of rotatable bonds is 5. The molecule has 2 N–H and O–H groups in total. The first-order chi connectivity index (χ1) is 11.9. The van der Waals surface area contributed by atoms with E-state index in [2.05, 4.69) is 20.3 Å². The van der Waals surface area contributed by atoms with Crippen LogP contribution in [0.5, 0.6) is 0 Å². The van der Waals surface area contributed by atoms with Crippen LogP contribution in [0.4, 0.5) is 16.0 Å². The van der Waals surface area contributed by atoms with E-state index in [0.29, 0.717) is 11.4 Å². The van der Waals surface area contributed by atoms with Crippen LogP contribution < -0.4 is 5.32 Å². The number of aryl methyl sites for hydroxylation is 1. The van der Waals surface area contributed by atoms with E-state index in [1.807, 2.05) is 6.92 Å². The molecular weight excluding hydrogens is 345 g/mol. The Morgan fingerprint density at radius 3 is 2.56 bits per heavy atom. The Balaban J connectivity index is 1.85. The summed E-state index contributed by atoms with van der Waals surface area (Å²) in [5.74, 6) is 0.527. The maximum Gasteiger partial charge on any atom is 0.227 e. The Morgan fingerprint density at radius 1 is 1.24 bits per heavy atom. The Morgan fingerprint density at radius 2 is 1.96 bits per heavy atom. The van der Waals surface area contributed by atoms with Crippen molar-refractivity contribution in [1.82, 2.24) is 19.5 Å². The van der Waals surface area contributed by atoms with Crippen molar-refractivity contribution < 1.29 is 13.2 Å². The van der Waals surface area contributed by atoms with Crippen LogP contribution >= 0.6 is 0 Å². The molecule has 1 unspecified atom stereocenters. The van der Waals surface area contributed by atoms with Crippen molar-refractivity contribution in [3.8, 4) is 11.4 Å². The van der Waals surface area contributed by atoms with Crippen molar-refractivity contribution in [2.45, 2.75) is 12.7 Å². The zero-order valence-corrected chi connectivity index (χ0v) is 14.4. The third-order valence-corrected chi connectivity index (χ3v) is 4.29. The van der Waals surface area contributed by atoms with E-state index in [1.54, 1.807) is 42.1 Å². The molecule has 0 aliphatic rings. The van der Waals surface area contributed by atoms with Gasteiger partial charge in [-0.1, -0.05) is 12.1 Å². The number of halogens is 1. The molecule has 0 radical (unpaired) electrons. The molecule has 0 aliphatic carbocycles. The molecule has 2 aromatic heterocycles. The van der Waals surface area contributed by atoms with Gasteiger partial charge >= 0.3 is 0 Å². The van der Waals surface area contributed by atoms with Gasteiger partial charge in [-0.3, -0.25) is 0 Å². The van der Waals surface area contributed by atoms with Gasteiger partial charge in [0.15, 0.2) is 16.9 Å². The first-order valence-electron chi connectivity index (χ1n) is 7.38. The fourth-order valence-corrected chi connectivity index (χ4v) is 2.76. The summed E-state index contributed by atoms with van der Waals surface area (Å²) in [4.78, 5) is 12.3. The second kappa shape index (κ2) is 7.08. The lowest BCUT2D eigenvalue weighted by atomic mass is 10.2. The van der Waals surface area contributed by atoms with Crippen molar-refractivity contribution in [3.05, 3.63) is 53.9 Å². The zero-order valence-electron chi connectivity index (χ0n) is 13.6. The highest BCUT2D eigenvalue weighted by Crippen LogP contribution is 2.23. The average molecular weight is 361 g/mol. The van der Waals surface area contributed by atoms with Crippen LogP contribution in [0.15, 0.2) is 36.7 Å². The van der Waals surface area contributed by atoms with Crippen LogP contribution in [-0.2, 0) is 23.9 Å². The summed E-state index contributed by atoms with van der Waals surface area (Å²) < 4.78 is 35.6. The van der Waals surface area contributed by atoms with Crippen molar-refractivity contribution in [2.24, 2.45) is 7.05 Å². The molecule has 0 fully saturated rings. The van der Waals surface area contributed by atoms with Crippen LogP contribution in [0.3, 0.4) is 0 Å². The molecule has 3 rings (SSSR count). The minimum Gasteiger partial charge on any atom is -0.330 e. The molecule has 0 saturated carbocycles. The van der Waals surface area contributed by atoms with E-state index in [1.165, 1.54) is 0 Å². The van der Waals surface area contributed by atoms with Crippen LogP contribution in [0.1, 0.15) is 11.4 Å². The van der Waals surface area contributed by atoms with E-state index < -0.39 is 16.9 Å². The topological polar surface area (TPSA) is 92.9 Å². The number of anilines is 2. The highest BCUT2D eigenvalue weighted by molar-refractivity contribution is 7.78. The minimum atomic E-state index is -1.88. The maximum atomic E-state index is 14.1. The van der Waals surface area contributed by atoms with E-state index in [-0.39, 0.29) is 17.4 Å². The van der Waals surface area contributed by atoms with Gasteiger partial charge in [-0.05, 0) is 24.6 Å². The standard InChI is InChI=1S/C16H16FN5O2S/c1-10-18-8-14(22(10)2)15-13(17)7-19-16(21-15)20-12-5-3-11(4-6-12)9-25(23)24/h3-8H,9H2,1-2H3,(H,23,24)(H,19,20,21). The van der Waals surface area contributed by atoms with Gasteiger partial charge in [0.25, 0.3) is 0 Å². The monoisotopic (exact) mass is 361 g/mol. The number of aromatic nitrogens is 4. The molecule has 9 heteroatoms. The smallest absolute Gasteiger partial charge is 0.227 e. The van der Waals surface area contributed by atoms with Crippen molar-refractivity contribution in [1.29, 1.82) is 0 Å². The maximum absolute atomic E-state index is 14.1. The summed E-state index contributed by atoms with van der Waals surface area (Å²) in [6, 6.07) is 6.93. The molecule has 0 spiro atoms. The quantitative estimate of drug-likeness (QED) is 0.679. The molecule has 0 saturated heterocycles. The molecule has 3 aromatic rings. The fourth-order valence-electron chi connectivity index (χ4n) is 2.29. The molecule has 0 bridgehead atoms. The minimum absolute atomic E-state index is 0.0668. The van der Waals surface area contributed by atoms with Crippen LogP contribution in [0.2, 0.25) is 0 Å². The molecule has 0 amide bonds. The molecule has 7 nitrogen and oxygen atoms in total. The summed E-state index contributed by atoms with van der Waals surface area (Å²) in [5.41, 5.74) is 2.14. The Kier molecular flexibility index (Phi) is 4.86. The zero-order chi connectivity index (χ0) is 18.0.